The molecule has 0 amide bonds. The molecular weight excluding hydrogens is 328 g/mol. The molecule has 1 aromatic carbocycles. The van der Waals surface area contributed by atoms with Gasteiger partial charge in [-0.25, -0.2) is 0 Å². The van der Waals surface area contributed by atoms with E-state index in [2.05, 4.69) is 15.0 Å². The number of ether oxygens (including phenoxy) is 1. The maximum atomic E-state index is 10.6. The third-order valence-corrected chi connectivity index (χ3v) is 4.94. The molecule has 1 N–H and O–H groups in total. The van der Waals surface area contributed by atoms with Gasteiger partial charge in [-0.15, -0.1) is 0 Å². The molecule has 3 aromatic rings. The molecule has 6 heteroatoms. The molecule has 0 saturated carbocycles. The highest BCUT2D eigenvalue weighted by atomic mass is 16.5. The van der Waals surface area contributed by atoms with Crippen LogP contribution in [-0.4, -0.2) is 56.6 Å². The van der Waals surface area contributed by atoms with Gasteiger partial charge in [0.1, 0.15) is 18.0 Å². The number of likely N-dealkylation sites (tertiary alicyclic amines) is 1. The summed E-state index contributed by atoms with van der Waals surface area (Å²) in [5, 5.41) is 17.1. The van der Waals surface area contributed by atoms with Crippen LogP contribution in [0.4, 0.5) is 0 Å². The first-order valence-electron chi connectivity index (χ1n) is 9.09. The maximum Gasteiger partial charge on any atom is 0.127 e. The van der Waals surface area contributed by atoms with Gasteiger partial charge in [-0.3, -0.25) is 14.6 Å². The molecule has 0 bridgehead atoms. The van der Waals surface area contributed by atoms with Crippen molar-refractivity contribution in [1.29, 1.82) is 0 Å². The predicted molar refractivity (Wildman–Crippen MR) is 100 cm³/mol. The van der Waals surface area contributed by atoms with Crippen LogP contribution in [0.15, 0.2) is 48.9 Å². The monoisotopic (exact) mass is 352 g/mol. The fourth-order valence-electron chi connectivity index (χ4n) is 3.51. The van der Waals surface area contributed by atoms with Crippen molar-refractivity contribution in [2.75, 3.05) is 19.6 Å². The molecule has 26 heavy (non-hydrogen) atoms. The number of pyridine rings is 1. The predicted octanol–water partition coefficient (Wildman–Crippen LogP) is 2.25. The van der Waals surface area contributed by atoms with Crippen LogP contribution < -0.4 is 4.74 Å². The Bertz CT molecular complexity index is 874. The van der Waals surface area contributed by atoms with E-state index in [1.807, 2.05) is 54.3 Å². The molecule has 1 fully saturated rings. The molecule has 6 nitrogen and oxygen atoms in total. The van der Waals surface area contributed by atoms with E-state index >= 15 is 0 Å². The Morgan fingerprint density at radius 2 is 2.15 bits per heavy atom. The van der Waals surface area contributed by atoms with Gasteiger partial charge in [-0.2, -0.15) is 5.10 Å². The van der Waals surface area contributed by atoms with Gasteiger partial charge < -0.3 is 9.84 Å². The zero-order valence-electron chi connectivity index (χ0n) is 15.0. The zero-order valence-corrected chi connectivity index (χ0v) is 15.0. The van der Waals surface area contributed by atoms with Crippen molar-refractivity contribution in [3.63, 3.8) is 0 Å². The van der Waals surface area contributed by atoms with Crippen LogP contribution in [0.1, 0.15) is 12.1 Å². The highest BCUT2D eigenvalue weighted by molar-refractivity contribution is 5.87. The molecule has 0 spiro atoms. The van der Waals surface area contributed by atoms with Crippen molar-refractivity contribution in [2.24, 2.45) is 0 Å². The largest absolute Gasteiger partial charge is 0.487 e. The lowest BCUT2D eigenvalue weighted by Gasteiger charge is -2.36. The van der Waals surface area contributed by atoms with E-state index < -0.39 is 6.10 Å². The smallest absolute Gasteiger partial charge is 0.127 e. The topological polar surface area (TPSA) is 63.4 Å². The second-order valence-electron chi connectivity index (χ2n) is 6.89. The Hall–Kier alpha value is -2.44. The van der Waals surface area contributed by atoms with Crippen LogP contribution in [0.2, 0.25) is 0 Å². The Labute approximate surface area is 153 Å². The van der Waals surface area contributed by atoms with Gasteiger partial charge in [0.2, 0.25) is 0 Å². The standard InChI is InChI=1S/C20H24N4O2/c1-15-6-10-24(22-15)12-11-23-9-7-20(18(25)14-23)26-19-4-2-3-16-13-21-8-5-17(16)19/h2-6,8,10,13,18,20,25H,7,9,11-12,14H2,1H3/t18-,20-/m1/s1. The van der Waals surface area contributed by atoms with E-state index in [0.29, 0.717) is 6.54 Å². The lowest BCUT2D eigenvalue weighted by molar-refractivity contribution is -0.0254. The fraction of sp³-hybridized carbons (Fsp3) is 0.400. The number of nitrogens with zero attached hydrogens (tertiary/aromatic N) is 4. The molecule has 0 aliphatic carbocycles. The van der Waals surface area contributed by atoms with Crippen LogP contribution in [0.5, 0.6) is 5.75 Å². The van der Waals surface area contributed by atoms with Gasteiger partial charge in [0.05, 0.1) is 12.2 Å². The summed E-state index contributed by atoms with van der Waals surface area (Å²) >= 11 is 0. The minimum atomic E-state index is -0.500. The molecule has 2 atom stereocenters. The van der Waals surface area contributed by atoms with Crippen molar-refractivity contribution in [1.82, 2.24) is 19.7 Å². The van der Waals surface area contributed by atoms with E-state index in [0.717, 1.165) is 48.3 Å². The molecular formula is C20H24N4O2. The number of β-amino-alcohol motifs (C(OH)–C–C–N with tert-alkyl or cyclic N) is 1. The molecule has 136 valence electrons. The molecule has 1 aliphatic rings. The van der Waals surface area contributed by atoms with Gasteiger partial charge in [0.25, 0.3) is 0 Å². The molecule has 1 saturated heterocycles. The van der Waals surface area contributed by atoms with Crippen LogP contribution in [0.3, 0.4) is 0 Å². The minimum absolute atomic E-state index is 0.183. The summed E-state index contributed by atoms with van der Waals surface area (Å²) < 4.78 is 8.13. The van der Waals surface area contributed by atoms with E-state index in [9.17, 15) is 5.11 Å². The van der Waals surface area contributed by atoms with Crippen LogP contribution in [0.25, 0.3) is 10.8 Å². The quantitative estimate of drug-likeness (QED) is 0.763. The number of aromatic nitrogens is 3. The number of aliphatic hydroxyl groups is 1. The number of fused-ring (bicyclic) bond motifs is 1. The van der Waals surface area contributed by atoms with Crippen LogP contribution >= 0.6 is 0 Å². The third kappa shape index (κ3) is 3.71. The summed E-state index contributed by atoms with van der Waals surface area (Å²) in [4.78, 5) is 6.43. The lowest BCUT2D eigenvalue weighted by Crippen LogP contribution is -2.49. The Morgan fingerprint density at radius 1 is 1.23 bits per heavy atom. The summed E-state index contributed by atoms with van der Waals surface area (Å²) in [6, 6.07) is 9.91. The average molecular weight is 352 g/mol. The summed E-state index contributed by atoms with van der Waals surface area (Å²) in [7, 11) is 0. The van der Waals surface area contributed by atoms with Crippen molar-refractivity contribution in [3.8, 4) is 5.75 Å². The second-order valence-corrected chi connectivity index (χ2v) is 6.89. The van der Waals surface area contributed by atoms with Crippen molar-refractivity contribution < 1.29 is 9.84 Å². The summed E-state index contributed by atoms with van der Waals surface area (Å²) in [6.07, 6.45) is 5.72. The zero-order chi connectivity index (χ0) is 17.9. The van der Waals surface area contributed by atoms with E-state index in [1.54, 1.807) is 6.20 Å². The van der Waals surface area contributed by atoms with E-state index in [4.69, 9.17) is 4.74 Å². The van der Waals surface area contributed by atoms with Crippen molar-refractivity contribution >= 4 is 10.8 Å². The number of rotatable bonds is 5. The highest BCUT2D eigenvalue weighted by Crippen LogP contribution is 2.27. The van der Waals surface area contributed by atoms with Crippen molar-refractivity contribution in [2.45, 2.75) is 32.1 Å². The van der Waals surface area contributed by atoms with Gasteiger partial charge >= 0.3 is 0 Å². The van der Waals surface area contributed by atoms with Gasteiger partial charge in [-0.05, 0) is 31.5 Å². The molecule has 0 unspecified atom stereocenters. The first kappa shape index (κ1) is 17.0. The van der Waals surface area contributed by atoms with Crippen LogP contribution in [0, 0.1) is 6.92 Å². The molecule has 3 heterocycles. The number of aryl methyl sites for hydroxylation is 1. The number of hydrogen-bond acceptors (Lipinski definition) is 5. The number of piperidine rings is 1. The fourth-order valence-corrected chi connectivity index (χ4v) is 3.51. The van der Waals surface area contributed by atoms with Gasteiger partial charge in [-0.1, -0.05) is 12.1 Å². The van der Waals surface area contributed by atoms with E-state index in [-0.39, 0.29) is 6.10 Å². The maximum absolute atomic E-state index is 10.6. The highest BCUT2D eigenvalue weighted by Gasteiger charge is 2.29. The Balaban J connectivity index is 1.36. The molecule has 4 rings (SSSR count). The molecule has 2 aromatic heterocycles. The Morgan fingerprint density at radius 3 is 2.96 bits per heavy atom. The summed E-state index contributed by atoms with van der Waals surface area (Å²) in [5.74, 6) is 0.814. The minimum Gasteiger partial charge on any atom is -0.487 e. The normalized spacial score (nSPS) is 21.2. The number of benzene rings is 1. The van der Waals surface area contributed by atoms with Gasteiger partial charge in [0, 0.05) is 49.0 Å². The molecule has 1 aliphatic heterocycles. The first-order valence-corrected chi connectivity index (χ1v) is 9.09. The van der Waals surface area contributed by atoms with Crippen molar-refractivity contribution in [3.05, 3.63) is 54.6 Å². The third-order valence-electron chi connectivity index (χ3n) is 4.94. The first-order chi connectivity index (χ1) is 12.7. The van der Waals surface area contributed by atoms with Gasteiger partial charge in [0.15, 0.2) is 0 Å². The summed E-state index contributed by atoms with van der Waals surface area (Å²) in [6.45, 7) is 5.24. The number of aliphatic hydroxyl groups excluding tert-OH is 1. The number of hydrogen-bond donors (Lipinski definition) is 1. The Kier molecular flexibility index (Phi) is 4.86. The summed E-state index contributed by atoms with van der Waals surface area (Å²) in [5.41, 5.74) is 1.03. The lowest BCUT2D eigenvalue weighted by atomic mass is 10.0. The average Bonchev–Trinajstić information content (AvgIpc) is 3.07. The molecule has 0 radical (unpaired) electrons. The second kappa shape index (κ2) is 7.43. The van der Waals surface area contributed by atoms with Crippen LogP contribution in [-0.2, 0) is 6.54 Å². The van der Waals surface area contributed by atoms with E-state index in [1.165, 1.54) is 0 Å². The SMILES string of the molecule is Cc1ccn(CCN2CC[C@@H](Oc3cccc4cnccc34)[C@H](O)C2)n1.